The first-order chi connectivity index (χ1) is 32.5. The second-order valence-corrected chi connectivity index (χ2v) is 24.4. The maximum absolute atomic E-state index is 6.63. The molecule has 4 heterocycles. The highest BCUT2D eigenvalue weighted by molar-refractivity contribution is 7.25. The third kappa shape index (κ3) is 5.54. The summed E-state index contributed by atoms with van der Waals surface area (Å²) >= 11 is 1.94. The average Bonchev–Trinajstić information content (AvgIpc) is 4.02. The van der Waals surface area contributed by atoms with Gasteiger partial charge in [0.25, 0.3) is 0 Å². The summed E-state index contributed by atoms with van der Waals surface area (Å²) in [7, 11) is 0.790. The van der Waals surface area contributed by atoms with Gasteiger partial charge in [-0.1, -0.05) is 135 Å². The van der Waals surface area contributed by atoms with E-state index in [1.807, 2.05) is 11.3 Å². The standard InChI is InChI=1S/C63H55BN2OS/c1-60(2,3)34-18-20-35(21-19-34)65-51-33-57-44(45-28-48-49(31-56(45)68-57)62(6,7)25-24-61(48,4)5)26-41(51)38-22-23-39-42-27-47-40(36-14-10-12-16-46(36)63(47,8)9)29-52(42)66-53-30-43-37-15-11-13-17-54(37)67-55(43)32-50(53)64-58(38)59(39)66/h10-23,26-33,64-65H,24-25H2,1-9H3. The van der Waals surface area contributed by atoms with Crippen LogP contribution in [0.5, 0.6) is 0 Å². The van der Waals surface area contributed by atoms with Crippen LogP contribution in [0.25, 0.3) is 91.9 Å². The minimum Gasteiger partial charge on any atom is -0.456 e. The number of nitrogens with one attached hydrogen (secondary N) is 1. The topological polar surface area (TPSA) is 30.1 Å². The first kappa shape index (κ1) is 40.5. The smallest absolute Gasteiger partial charge is 0.198 e. The van der Waals surface area contributed by atoms with Gasteiger partial charge in [0.05, 0.1) is 5.52 Å². The number of para-hydroxylation sites is 1. The van der Waals surface area contributed by atoms with Crippen LogP contribution in [0.15, 0.2) is 138 Å². The number of aromatic nitrogens is 1. The molecule has 68 heavy (non-hydrogen) atoms. The molecule has 0 spiro atoms. The molecular weight excluding hydrogens is 844 g/mol. The second kappa shape index (κ2) is 13.4. The van der Waals surface area contributed by atoms with Gasteiger partial charge in [-0.2, -0.15) is 0 Å². The lowest BCUT2D eigenvalue weighted by atomic mass is 9.59. The maximum atomic E-state index is 6.63. The SMILES string of the molecule is CC(C)(C)c1ccc(Nc2cc3sc4cc5c(cc4c3cc2-c2ccc3c4cc6c(cc4n4c3c2Bc2cc3oc7ccccc7c3cc2-4)-c2ccccc2C6(C)C)C(C)(C)CCC5(C)C)cc1. The Kier molecular flexibility index (Phi) is 7.96. The van der Waals surface area contributed by atoms with Gasteiger partial charge in [-0.25, -0.2) is 0 Å². The summed E-state index contributed by atoms with van der Waals surface area (Å²) < 4.78 is 11.9. The van der Waals surface area contributed by atoms with Gasteiger partial charge in [0.15, 0.2) is 7.28 Å². The first-order valence-electron chi connectivity index (χ1n) is 24.7. The third-order valence-electron chi connectivity index (χ3n) is 16.8. The van der Waals surface area contributed by atoms with Gasteiger partial charge in [-0.15, -0.1) is 11.3 Å². The van der Waals surface area contributed by atoms with Gasteiger partial charge >= 0.3 is 0 Å². The predicted octanol–water partition coefficient (Wildman–Crippen LogP) is 16.1. The van der Waals surface area contributed by atoms with Crippen molar-refractivity contribution >= 4 is 105 Å². The number of hydrogen-bond acceptors (Lipinski definition) is 3. The van der Waals surface area contributed by atoms with Crippen LogP contribution >= 0.6 is 11.3 Å². The van der Waals surface area contributed by atoms with Crippen LogP contribution in [0.3, 0.4) is 0 Å². The number of thiophene rings is 1. The van der Waals surface area contributed by atoms with Crippen LogP contribution in [-0.4, -0.2) is 11.8 Å². The quantitative estimate of drug-likeness (QED) is 0.179. The summed E-state index contributed by atoms with van der Waals surface area (Å²) in [5, 5.41) is 11.7. The van der Waals surface area contributed by atoms with Crippen molar-refractivity contribution in [1.82, 2.24) is 4.57 Å². The van der Waals surface area contributed by atoms with E-state index in [0.717, 1.165) is 40.6 Å². The summed E-state index contributed by atoms with van der Waals surface area (Å²) in [4.78, 5) is 0. The fraction of sp³-hybridized carbons (Fsp3) is 0.238. The molecule has 1 aliphatic heterocycles. The van der Waals surface area contributed by atoms with E-state index in [0.29, 0.717) is 0 Å². The molecule has 14 rings (SSSR count). The molecule has 0 bridgehead atoms. The number of fused-ring (bicyclic) bond motifs is 15. The number of anilines is 2. The molecule has 3 nitrogen and oxygen atoms in total. The van der Waals surface area contributed by atoms with Gasteiger partial charge in [-0.3, -0.25) is 0 Å². The van der Waals surface area contributed by atoms with Crippen molar-refractivity contribution in [3.8, 4) is 27.9 Å². The van der Waals surface area contributed by atoms with Gasteiger partial charge in [0, 0.05) is 75.3 Å². The van der Waals surface area contributed by atoms with Crippen LogP contribution in [0.2, 0.25) is 0 Å². The van der Waals surface area contributed by atoms with E-state index in [9.17, 15) is 0 Å². The summed E-state index contributed by atoms with van der Waals surface area (Å²) in [6.07, 6.45) is 2.40. The Bertz CT molecular complexity index is 4030. The zero-order valence-corrected chi connectivity index (χ0v) is 41.4. The molecule has 2 aliphatic carbocycles. The minimum atomic E-state index is -0.105. The molecule has 0 amide bonds. The molecule has 0 radical (unpaired) electrons. The number of benzene rings is 8. The molecule has 0 saturated heterocycles. The summed E-state index contributed by atoms with van der Waals surface area (Å²) in [5.41, 5.74) is 23.1. The minimum absolute atomic E-state index is 0.0715. The summed E-state index contributed by atoms with van der Waals surface area (Å²) in [6.45, 7) is 21.4. The Balaban J connectivity index is 1.07. The van der Waals surface area contributed by atoms with E-state index in [4.69, 9.17) is 4.42 Å². The predicted molar refractivity (Wildman–Crippen MR) is 294 cm³/mol. The number of rotatable bonds is 3. The van der Waals surface area contributed by atoms with Crippen molar-refractivity contribution in [1.29, 1.82) is 0 Å². The van der Waals surface area contributed by atoms with Crippen LogP contribution in [0.1, 0.15) is 103 Å². The molecule has 1 N–H and O–H groups in total. The molecular formula is C63H55BN2OS. The Labute approximate surface area is 403 Å². The highest BCUT2D eigenvalue weighted by Crippen LogP contribution is 2.53. The lowest BCUT2D eigenvalue weighted by Crippen LogP contribution is -2.37. The van der Waals surface area contributed by atoms with Gasteiger partial charge in [0.2, 0.25) is 0 Å². The third-order valence-corrected chi connectivity index (χ3v) is 17.9. The number of hydrogen-bond donors (Lipinski definition) is 1. The highest BCUT2D eigenvalue weighted by Gasteiger charge is 2.39. The number of furan rings is 1. The van der Waals surface area contributed by atoms with Gasteiger partial charge in [-0.05, 0) is 146 Å². The van der Waals surface area contributed by atoms with Crippen LogP contribution in [0.4, 0.5) is 11.4 Å². The molecule has 11 aromatic rings. The van der Waals surface area contributed by atoms with Crippen molar-refractivity contribution in [3.05, 3.63) is 161 Å². The van der Waals surface area contributed by atoms with Crippen LogP contribution in [-0.2, 0) is 21.7 Å². The Morgan fingerprint density at radius 1 is 0.559 bits per heavy atom. The monoisotopic (exact) mass is 898 g/mol. The second-order valence-electron chi connectivity index (χ2n) is 23.3. The molecule has 0 atom stereocenters. The summed E-state index contributed by atoms with van der Waals surface area (Å²) in [5.74, 6) is 0. The molecule has 5 heteroatoms. The van der Waals surface area contributed by atoms with E-state index in [1.165, 1.54) is 122 Å². The average molecular weight is 899 g/mol. The lowest BCUT2D eigenvalue weighted by Gasteiger charge is -2.41. The molecule has 8 aromatic carbocycles. The highest BCUT2D eigenvalue weighted by atomic mass is 32.1. The largest absolute Gasteiger partial charge is 0.456 e. The Hall–Kier alpha value is -6.56. The van der Waals surface area contributed by atoms with Crippen molar-refractivity contribution in [2.24, 2.45) is 0 Å². The van der Waals surface area contributed by atoms with Crippen LogP contribution < -0.4 is 16.2 Å². The van der Waals surface area contributed by atoms with Crippen molar-refractivity contribution in [3.63, 3.8) is 0 Å². The van der Waals surface area contributed by atoms with E-state index in [1.54, 1.807) is 0 Å². The fourth-order valence-electron chi connectivity index (χ4n) is 12.8. The molecule has 0 fully saturated rings. The van der Waals surface area contributed by atoms with E-state index < -0.39 is 0 Å². The molecule has 0 unspecified atom stereocenters. The van der Waals surface area contributed by atoms with Crippen molar-refractivity contribution < 1.29 is 4.42 Å². The molecule has 3 aliphatic rings. The summed E-state index contributed by atoms with van der Waals surface area (Å²) in [6, 6.07) is 51.4. The van der Waals surface area contributed by atoms with Gasteiger partial charge < -0.3 is 14.3 Å². The van der Waals surface area contributed by atoms with E-state index >= 15 is 0 Å². The van der Waals surface area contributed by atoms with Crippen molar-refractivity contribution in [2.75, 3.05) is 5.32 Å². The van der Waals surface area contributed by atoms with Gasteiger partial charge in [0.1, 0.15) is 11.2 Å². The molecule has 0 saturated carbocycles. The maximum Gasteiger partial charge on any atom is 0.198 e. The van der Waals surface area contributed by atoms with E-state index in [-0.39, 0.29) is 21.7 Å². The Morgan fingerprint density at radius 2 is 1.26 bits per heavy atom. The molecule has 3 aromatic heterocycles. The normalized spacial score (nSPS) is 16.4. The zero-order chi connectivity index (χ0) is 46.4. The van der Waals surface area contributed by atoms with Crippen molar-refractivity contribution in [2.45, 2.75) is 96.8 Å². The van der Waals surface area contributed by atoms with E-state index in [2.05, 4.69) is 206 Å². The lowest BCUT2D eigenvalue weighted by molar-refractivity contribution is 0.332. The Morgan fingerprint density at radius 3 is 2.06 bits per heavy atom. The molecule has 332 valence electrons. The number of nitrogens with zero attached hydrogens (tertiary/aromatic N) is 1. The van der Waals surface area contributed by atoms with Crippen LogP contribution in [0, 0.1) is 0 Å². The first-order valence-corrected chi connectivity index (χ1v) is 25.5. The zero-order valence-electron chi connectivity index (χ0n) is 40.6. The fourth-order valence-corrected chi connectivity index (χ4v) is 14.0.